The monoisotopic (exact) mass is 413 g/mol. The van der Waals surface area contributed by atoms with Crippen molar-refractivity contribution in [1.82, 2.24) is 23.7 Å². The van der Waals surface area contributed by atoms with E-state index in [0.29, 0.717) is 5.69 Å². The quantitative estimate of drug-likeness (QED) is 0.517. The van der Waals surface area contributed by atoms with Crippen LogP contribution in [0, 0.1) is 0 Å². The molecule has 0 spiro atoms. The SMILES string of the molecule is Cn1cnnc1CC1CCc2c1cccc2-n1cc2c(C(F)(F)F)cccn2c1=O. The molecule has 6 nitrogen and oxygen atoms in total. The number of aryl methyl sites for hydroxylation is 1. The van der Waals surface area contributed by atoms with Crippen molar-refractivity contribution in [3.63, 3.8) is 0 Å². The van der Waals surface area contributed by atoms with Crippen LogP contribution < -0.4 is 5.69 Å². The fourth-order valence-electron chi connectivity index (χ4n) is 4.40. The van der Waals surface area contributed by atoms with Crippen LogP contribution in [0.5, 0.6) is 0 Å². The molecule has 30 heavy (non-hydrogen) atoms. The van der Waals surface area contributed by atoms with E-state index in [4.69, 9.17) is 0 Å². The highest BCUT2D eigenvalue weighted by atomic mass is 19.4. The van der Waals surface area contributed by atoms with Gasteiger partial charge in [-0.15, -0.1) is 10.2 Å². The first kappa shape index (κ1) is 18.7. The highest BCUT2D eigenvalue weighted by Gasteiger charge is 2.34. The zero-order chi connectivity index (χ0) is 21.0. The molecule has 3 aromatic heterocycles. The summed E-state index contributed by atoms with van der Waals surface area (Å²) in [6, 6.07) is 7.90. The van der Waals surface area contributed by atoms with Gasteiger partial charge >= 0.3 is 11.9 Å². The van der Waals surface area contributed by atoms with Crippen molar-refractivity contribution in [2.24, 2.45) is 7.05 Å². The number of aromatic nitrogens is 5. The zero-order valence-electron chi connectivity index (χ0n) is 16.1. The Balaban J connectivity index is 1.62. The number of rotatable bonds is 3. The number of fused-ring (bicyclic) bond motifs is 2. The van der Waals surface area contributed by atoms with E-state index in [-0.39, 0.29) is 11.4 Å². The molecule has 5 rings (SSSR count). The Kier molecular flexibility index (Phi) is 4.09. The van der Waals surface area contributed by atoms with Crippen LogP contribution in [0.4, 0.5) is 13.2 Å². The lowest BCUT2D eigenvalue weighted by Gasteiger charge is -2.12. The standard InChI is InChI=1S/C21H18F3N5O/c1-27-12-25-26-19(27)10-13-7-8-15-14(13)4-2-6-17(15)29-11-18-16(21(22,23)24)5-3-9-28(18)20(29)30/h2-6,9,11-13H,7-8,10H2,1H3. The Hall–Kier alpha value is -3.36. The van der Waals surface area contributed by atoms with Gasteiger partial charge in [0.25, 0.3) is 0 Å². The smallest absolute Gasteiger partial charge is 0.321 e. The number of hydrogen-bond acceptors (Lipinski definition) is 3. The maximum absolute atomic E-state index is 13.4. The summed E-state index contributed by atoms with van der Waals surface area (Å²) in [5.41, 5.74) is 1.25. The molecule has 0 saturated heterocycles. The molecular weight excluding hydrogens is 395 g/mol. The average molecular weight is 413 g/mol. The zero-order valence-corrected chi connectivity index (χ0v) is 16.1. The first-order valence-corrected chi connectivity index (χ1v) is 9.59. The molecule has 0 fully saturated rings. The molecule has 154 valence electrons. The first-order valence-electron chi connectivity index (χ1n) is 9.59. The van der Waals surface area contributed by atoms with E-state index in [1.54, 1.807) is 12.4 Å². The molecular formula is C21H18F3N5O. The lowest BCUT2D eigenvalue weighted by molar-refractivity contribution is -0.136. The largest absolute Gasteiger partial charge is 0.418 e. The number of imidazole rings is 1. The minimum Gasteiger partial charge on any atom is -0.321 e. The van der Waals surface area contributed by atoms with Gasteiger partial charge in [0.05, 0.1) is 16.8 Å². The normalized spacial score (nSPS) is 16.3. The van der Waals surface area contributed by atoms with E-state index in [1.165, 1.54) is 23.0 Å². The lowest BCUT2D eigenvalue weighted by Crippen LogP contribution is -2.19. The van der Waals surface area contributed by atoms with Gasteiger partial charge in [-0.25, -0.2) is 4.79 Å². The average Bonchev–Trinajstić information content (AvgIpc) is 3.40. The topological polar surface area (TPSA) is 57.1 Å². The summed E-state index contributed by atoms with van der Waals surface area (Å²) < 4.78 is 44.5. The number of halogens is 3. The van der Waals surface area contributed by atoms with Crippen LogP contribution in [-0.2, 0) is 26.1 Å². The maximum atomic E-state index is 13.4. The van der Waals surface area contributed by atoms with Gasteiger partial charge in [0, 0.05) is 25.9 Å². The second kappa shape index (κ2) is 6.58. The van der Waals surface area contributed by atoms with E-state index >= 15 is 0 Å². The van der Waals surface area contributed by atoms with Gasteiger partial charge in [-0.2, -0.15) is 13.2 Å². The predicted molar refractivity (Wildman–Crippen MR) is 104 cm³/mol. The second-order valence-corrected chi connectivity index (χ2v) is 7.60. The molecule has 0 aliphatic heterocycles. The molecule has 1 aromatic carbocycles. The molecule has 0 amide bonds. The number of benzene rings is 1. The van der Waals surface area contributed by atoms with Crippen LogP contribution in [-0.4, -0.2) is 23.7 Å². The molecule has 1 atom stereocenters. The summed E-state index contributed by atoms with van der Waals surface area (Å²) >= 11 is 0. The lowest BCUT2D eigenvalue weighted by atomic mass is 9.97. The van der Waals surface area contributed by atoms with Crippen LogP contribution in [0.1, 0.15) is 34.9 Å². The van der Waals surface area contributed by atoms with Crippen LogP contribution in [0.2, 0.25) is 0 Å². The van der Waals surface area contributed by atoms with Gasteiger partial charge in [0.15, 0.2) is 0 Å². The number of hydrogen-bond donors (Lipinski definition) is 0. The third-order valence-electron chi connectivity index (χ3n) is 5.87. The number of pyridine rings is 1. The highest BCUT2D eigenvalue weighted by molar-refractivity contribution is 5.58. The summed E-state index contributed by atoms with van der Waals surface area (Å²) in [4.78, 5) is 12.9. The number of alkyl halides is 3. The van der Waals surface area contributed by atoms with Gasteiger partial charge in [-0.05, 0) is 48.1 Å². The fraction of sp³-hybridized carbons (Fsp3) is 0.286. The van der Waals surface area contributed by atoms with Crippen molar-refractivity contribution < 1.29 is 13.2 Å². The molecule has 3 heterocycles. The number of nitrogens with zero attached hydrogens (tertiary/aromatic N) is 5. The molecule has 0 radical (unpaired) electrons. The molecule has 0 bridgehead atoms. The Bertz CT molecular complexity index is 1310. The van der Waals surface area contributed by atoms with Crippen LogP contribution in [0.25, 0.3) is 11.2 Å². The summed E-state index contributed by atoms with van der Waals surface area (Å²) in [6.07, 6.45) is 2.13. The van der Waals surface area contributed by atoms with Crippen LogP contribution >= 0.6 is 0 Å². The van der Waals surface area contributed by atoms with Crippen molar-refractivity contribution in [1.29, 1.82) is 0 Å². The maximum Gasteiger partial charge on any atom is 0.418 e. The van der Waals surface area contributed by atoms with Gasteiger partial charge in [0.2, 0.25) is 0 Å². The summed E-state index contributed by atoms with van der Waals surface area (Å²) in [7, 11) is 1.89. The molecule has 0 saturated carbocycles. The second-order valence-electron chi connectivity index (χ2n) is 7.60. The molecule has 1 aliphatic rings. The van der Waals surface area contributed by atoms with Crippen LogP contribution in [0.3, 0.4) is 0 Å². The third kappa shape index (κ3) is 2.84. The Morgan fingerprint density at radius 3 is 2.77 bits per heavy atom. The Morgan fingerprint density at radius 1 is 1.20 bits per heavy atom. The minimum absolute atomic E-state index is 0.152. The minimum atomic E-state index is -4.54. The van der Waals surface area contributed by atoms with Crippen molar-refractivity contribution in [2.75, 3.05) is 0 Å². The molecule has 4 aromatic rings. The summed E-state index contributed by atoms with van der Waals surface area (Å²) in [5, 5.41) is 8.08. The van der Waals surface area contributed by atoms with E-state index in [9.17, 15) is 18.0 Å². The first-order chi connectivity index (χ1) is 14.3. The van der Waals surface area contributed by atoms with E-state index in [1.807, 2.05) is 23.7 Å². The molecule has 0 N–H and O–H groups in total. The summed E-state index contributed by atoms with van der Waals surface area (Å²) in [5.74, 6) is 1.10. The van der Waals surface area contributed by atoms with Crippen molar-refractivity contribution in [2.45, 2.75) is 31.4 Å². The van der Waals surface area contributed by atoms with E-state index < -0.39 is 17.4 Å². The van der Waals surface area contributed by atoms with Crippen molar-refractivity contribution in [3.8, 4) is 5.69 Å². The molecule has 9 heteroatoms. The van der Waals surface area contributed by atoms with Gasteiger partial charge in [-0.3, -0.25) is 8.97 Å². The third-order valence-corrected chi connectivity index (χ3v) is 5.87. The van der Waals surface area contributed by atoms with Crippen molar-refractivity contribution >= 4 is 5.52 Å². The summed E-state index contributed by atoms with van der Waals surface area (Å²) in [6.45, 7) is 0. The fourth-order valence-corrected chi connectivity index (χ4v) is 4.40. The highest BCUT2D eigenvalue weighted by Crippen LogP contribution is 2.38. The van der Waals surface area contributed by atoms with Crippen molar-refractivity contribution in [3.05, 3.63) is 82.1 Å². The van der Waals surface area contributed by atoms with Gasteiger partial charge in [0.1, 0.15) is 12.2 Å². The van der Waals surface area contributed by atoms with E-state index in [0.717, 1.165) is 46.7 Å². The molecule has 1 aliphatic carbocycles. The Morgan fingerprint density at radius 2 is 2.03 bits per heavy atom. The molecule has 1 unspecified atom stereocenters. The van der Waals surface area contributed by atoms with Crippen LogP contribution in [0.15, 0.2) is 53.8 Å². The van der Waals surface area contributed by atoms with E-state index in [2.05, 4.69) is 10.2 Å². The Labute approximate surface area is 169 Å². The van der Waals surface area contributed by atoms with Gasteiger partial charge < -0.3 is 4.57 Å². The predicted octanol–water partition coefficient (Wildman–Crippen LogP) is 3.51. The van der Waals surface area contributed by atoms with Gasteiger partial charge in [-0.1, -0.05) is 12.1 Å².